The molecule has 1 aromatic rings. The van der Waals surface area contributed by atoms with Crippen molar-refractivity contribution in [1.82, 2.24) is 15.1 Å². The van der Waals surface area contributed by atoms with Crippen molar-refractivity contribution in [2.75, 3.05) is 46.4 Å². The number of hydrogen-bond donors (Lipinski definition) is 1. The first kappa shape index (κ1) is 17.7. The highest BCUT2D eigenvalue weighted by Crippen LogP contribution is 2.23. The molecule has 0 saturated carbocycles. The van der Waals surface area contributed by atoms with Crippen LogP contribution in [-0.4, -0.2) is 68.2 Å². The number of amides is 1. The van der Waals surface area contributed by atoms with Gasteiger partial charge in [0.1, 0.15) is 0 Å². The highest BCUT2D eigenvalue weighted by Gasteiger charge is 2.20. The van der Waals surface area contributed by atoms with Crippen LogP contribution in [-0.2, 0) is 16.1 Å². The fourth-order valence-electron chi connectivity index (χ4n) is 2.58. The number of hydrogen-bond acceptors (Lipinski definition) is 5. The molecule has 1 atom stereocenters. The Hall–Kier alpha value is -0.660. The minimum atomic E-state index is 0.0577. The number of carbonyl (C=O) groups excluding carboxylic acids is 1. The lowest BCUT2D eigenvalue weighted by molar-refractivity contribution is -0.123. The molecule has 7 heteroatoms. The van der Waals surface area contributed by atoms with Crippen LogP contribution in [0, 0.1) is 0 Å². The lowest BCUT2D eigenvalue weighted by Gasteiger charge is -2.34. The Morgan fingerprint density at radius 1 is 1.36 bits per heavy atom. The fraction of sp³-hybridized carbons (Fsp3) is 0.667. The number of halogens is 1. The summed E-state index contributed by atoms with van der Waals surface area (Å²) in [5.74, 6) is 0.0723. The van der Waals surface area contributed by atoms with Gasteiger partial charge in [0.2, 0.25) is 5.91 Å². The first-order valence-corrected chi connectivity index (χ1v) is 8.73. The Morgan fingerprint density at radius 2 is 2.05 bits per heavy atom. The van der Waals surface area contributed by atoms with Crippen molar-refractivity contribution < 1.29 is 9.53 Å². The largest absolute Gasteiger partial charge is 0.383 e. The first-order valence-electron chi connectivity index (χ1n) is 7.54. The van der Waals surface area contributed by atoms with E-state index in [1.54, 1.807) is 18.4 Å². The second kappa shape index (κ2) is 8.84. The minimum Gasteiger partial charge on any atom is -0.383 e. The van der Waals surface area contributed by atoms with Gasteiger partial charge in [-0.1, -0.05) is 11.6 Å². The number of ether oxygens (including phenoxy) is 1. The van der Waals surface area contributed by atoms with Crippen molar-refractivity contribution in [1.29, 1.82) is 0 Å². The molecule has 124 valence electrons. The van der Waals surface area contributed by atoms with Gasteiger partial charge in [-0.3, -0.25) is 14.6 Å². The van der Waals surface area contributed by atoms with Gasteiger partial charge in [0.05, 0.1) is 17.5 Å². The van der Waals surface area contributed by atoms with Crippen molar-refractivity contribution in [3.63, 3.8) is 0 Å². The Balaban J connectivity index is 1.67. The Labute approximate surface area is 141 Å². The zero-order valence-corrected chi connectivity index (χ0v) is 14.8. The van der Waals surface area contributed by atoms with Gasteiger partial charge in [0, 0.05) is 50.8 Å². The van der Waals surface area contributed by atoms with Gasteiger partial charge in [0.15, 0.2) is 0 Å². The van der Waals surface area contributed by atoms with Crippen LogP contribution in [0.4, 0.5) is 0 Å². The van der Waals surface area contributed by atoms with Crippen LogP contribution in [0.15, 0.2) is 12.1 Å². The summed E-state index contributed by atoms with van der Waals surface area (Å²) in [6, 6.07) is 4.09. The van der Waals surface area contributed by atoms with E-state index in [2.05, 4.69) is 21.2 Å². The molecule has 2 rings (SSSR count). The summed E-state index contributed by atoms with van der Waals surface area (Å²) in [5, 5.41) is 2.95. The summed E-state index contributed by atoms with van der Waals surface area (Å²) in [6.07, 6.45) is 0. The molecule has 0 bridgehead atoms. The summed E-state index contributed by atoms with van der Waals surface area (Å²) in [5.41, 5.74) is 0. The molecule has 1 fully saturated rings. The minimum absolute atomic E-state index is 0.0577. The van der Waals surface area contributed by atoms with Crippen LogP contribution in [0.25, 0.3) is 0 Å². The van der Waals surface area contributed by atoms with E-state index in [1.165, 1.54) is 4.88 Å². The zero-order valence-electron chi connectivity index (χ0n) is 13.2. The molecular weight excluding hydrogens is 322 g/mol. The van der Waals surface area contributed by atoms with Crippen LogP contribution in [0.1, 0.15) is 11.8 Å². The Morgan fingerprint density at radius 3 is 2.64 bits per heavy atom. The van der Waals surface area contributed by atoms with E-state index in [9.17, 15) is 4.79 Å². The predicted octanol–water partition coefficient (Wildman–Crippen LogP) is 1.67. The predicted molar refractivity (Wildman–Crippen MR) is 90.5 cm³/mol. The number of nitrogens with zero attached hydrogens (tertiary/aromatic N) is 2. The van der Waals surface area contributed by atoms with E-state index < -0.39 is 0 Å². The zero-order chi connectivity index (χ0) is 15.9. The Kier molecular flexibility index (Phi) is 7.11. The molecule has 1 amide bonds. The lowest BCUT2D eigenvalue weighted by atomic mass is 10.3. The smallest absolute Gasteiger partial charge is 0.234 e. The van der Waals surface area contributed by atoms with Crippen molar-refractivity contribution in [3.8, 4) is 0 Å². The number of carbonyl (C=O) groups is 1. The molecule has 1 N–H and O–H groups in total. The van der Waals surface area contributed by atoms with Crippen LogP contribution < -0.4 is 5.32 Å². The molecule has 5 nitrogen and oxygen atoms in total. The van der Waals surface area contributed by atoms with Crippen molar-refractivity contribution >= 4 is 28.8 Å². The van der Waals surface area contributed by atoms with E-state index in [0.717, 1.165) is 37.1 Å². The van der Waals surface area contributed by atoms with E-state index >= 15 is 0 Å². The molecule has 1 saturated heterocycles. The SMILES string of the molecule is COCC(C)NC(=O)CN1CCN(Cc2ccc(Cl)s2)CC1. The van der Waals surface area contributed by atoms with E-state index in [-0.39, 0.29) is 11.9 Å². The highest BCUT2D eigenvalue weighted by molar-refractivity contribution is 7.16. The third-order valence-corrected chi connectivity index (χ3v) is 4.88. The van der Waals surface area contributed by atoms with E-state index in [0.29, 0.717) is 13.2 Å². The van der Waals surface area contributed by atoms with Gasteiger partial charge < -0.3 is 10.1 Å². The topological polar surface area (TPSA) is 44.8 Å². The third kappa shape index (κ3) is 5.85. The molecule has 1 unspecified atom stereocenters. The summed E-state index contributed by atoms with van der Waals surface area (Å²) in [7, 11) is 1.64. The number of piperazine rings is 1. The normalized spacial score (nSPS) is 18.3. The van der Waals surface area contributed by atoms with Crippen molar-refractivity contribution in [2.45, 2.75) is 19.5 Å². The van der Waals surface area contributed by atoms with Gasteiger partial charge in [-0.15, -0.1) is 11.3 Å². The molecule has 1 aromatic heterocycles. The number of rotatable bonds is 7. The third-order valence-electron chi connectivity index (χ3n) is 3.66. The van der Waals surface area contributed by atoms with Crippen LogP contribution in [0.3, 0.4) is 0 Å². The summed E-state index contributed by atoms with van der Waals surface area (Å²) >= 11 is 7.60. The maximum Gasteiger partial charge on any atom is 0.234 e. The van der Waals surface area contributed by atoms with Crippen LogP contribution in [0.2, 0.25) is 4.34 Å². The molecule has 22 heavy (non-hydrogen) atoms. The van der Waals surface area contributed by atoms with Crippen molar-refractivity contribution in [3.05, 3.63) is 21.3 Å². The molecule has 0 aliphatic carbocycles. The maximum atomic E-state index is 11.9. The summed E-state index contributed by atoms with van der Waals surface area (Å²) in [4.78, 5) is 17.8. The van der Waals surface area contributed by atoms with Gasteiger partial charge in [-0.25, -0.2) is 0 Å². The monoisotopic (exact) mass is 345 g/mol. The molecule has 1 aliphatic rings. The average molecular weight is 346 g/mol. The van der Waals surface area contributed by atoms with Gasteiger partial charge in [-0.2, -0.15) is 0 Å². The highest BCUT2D eigenvalue weighted by atomic mass is 35.5. The molecule has 0 aromatic carbocycles. The van der Waals surface area contributed by atoms with Gasteiger partial charge in [-0.05, 0) is 19.1 Å². The molecule has 2 heterocycles. The summed E-state index contributed by atoms with van der Waals surface area (Å²) in [6.45, 7) is 7.71. The summed E-state index contributed by atoms with van der Waals surface area (Å²) < 4.78 is 5.87. The molecular formula is C15H24ClN3O2S. The second-order valence-electron chi connectivity index (χ2n) is 5.68. The number of thiophene rings is 1. The lowest BCUT2D eigenvalue weighted by Crippen LogP contribution is -2.50. The van der Waals surface area contributed by atoms with E-state index in [1.807, 2.05) is 13.0 Å². The molecule has 1 aliphatic heterocycles. The number of nitrogens with one attached hydrogen (secondary N) is 1. The quantitative estimate of drug-likeness (QED) is 0.816. The van der Waals surface area contributed by atoms with Gasteiger partial charge in [0.25, 0.3) is 0 Å². The average Bonchev–Trinajstić information content (AvgIpc) is 2.86. The van der Waals surface area contributed by atoms with Crippen LogP contribution in [0.5, 0.6) is 0 Å². The standard InChI is InChI=1S/C15H24ClN3O2S/c1-12(11-21-2)17-15(20)10-19-7-5-18(6-8-19)9-13-3-4-14(16)22-13/h3-4,12H,5-11H2,1-2H3,(H,17,20). The molecule has 0 radical (unpaired) electrons. The van der Waals surface area contributed by atoms with Crippen LogP contribution >= 0.6 is 22.9 Å². The number of methoxy groups -OCH3 is 1. The van der Waals surface area contributed by atoms with Crippen molar-refractivity contribution in [2.24, 2.45) is 0 Å². The maximum absolute atomic E-state index is 11.9. The molecule has 0 spiro atoms. The first-order chi connectivity index (χ1) is 10.6. The second-order valence-corrected chi connectivity index (χ2v) is 7.48. The van der Waals surface area contributed by atoms with Gasteiger partial charge >= 0.3 is 0 Å². The Bertz CT molecular complexity index is 475. The fourth-order valence-corrected chi connectivity index (χ4v) is 3.71. The van der Waals surface area contributed by atoms with E-state index in [4.69, 9.17) is 16.3 Å².